The van der Waals surface area contributed by atoms with Gasteiger partial charge in [0.2, 0.25) is 10.0 Å². The Hall–Kier alpha value is -2.98. The molecule has 0 bridgehead atoms. The molecule has 0 N–H and O–H groups in total. The third kappa shape index (κ3) is 5.36. The number of alkyl halides is 3. The zero-order valence-corrected chi connectivity index (χ0v) is 22.5. The van der Waals surface area contributed by atoms with Crippen molar-refractivity contribution in [2.75, 3.05) is 31.1 Å². The van der Waals surface area contributed by atoms with Crippen LogP contribution in [0, 0.1) is 27.7 Å². The zero-order chi connectivity index (χ0) is 27.1. The molecule has 0 unspecified atom stereocenters. The number of nitrogens with zero attached hydrogens (tertiary/aromatic N) is 4. The fourth-order valence-corrected chi connectivity index (χ4v) is 6.90. The number of aromatic nitrogens is 2. The summed E-state index contributed by atoms with van der Waals surface area (Å²) in [6.07, 6.45) is -3.82. The van der Waals surface area contributed by atoms with Crippen molar-refractivity contribution in [1.29, 1.82) is 0 Å². The minimum atomic E-state index is -4.47. The molecule has 2 aromatic carbocycles. The molecule has 0 aliphatic carbocycles. The Morgan fingerprint density at radius 1 is 0.919 bits per heavy atom. The minimum Gasteiger partial charge on any atom is -0.354 e. The summed E-state index contributed by atoms with van der Waals surface area (Å²) in [7, 11) is -3.67. The number of anilines is 1. The van der Waals surface area contributed by atoms with Gasteiger partial charge in [-0.1, -0.05) is 36.8 Å². The molecule has 0 spiro atoms. The maximum atomic E-state index is 13.5. The van der Waals surface area contributed by atoms with Gasteiger partial charge in [0, 0.05) is 43.0 Å². The summed E-state index contributed by atoms with van der Waals surface area (Å²) in [6.45, 7) is 10.8. The molecule has 4 rings (SSSR count). The molecular weight excluding hydrogens is 501 g/mol. The van der Waals surface area contributed by atoms with E-state index < -0.39 is 21.8 Å². The predicted molar refractivity (Wildman–Crippen MR) is 138 cm³/mol. The monoisotopic (exact) mass is 532 g/mol. The summed E-state index contributed by atoms with van der Waals surface area (Å²) in [6, 6.07) is 8.75. The molecule has 0 saturated carbocycles. The third-order valence-corrected chi connectivity index (χ3v) is 8.94. The van der Waals surface area contributed by atoms with E-state index in [0.29, 0.717) is 35.9 Å². The third-order valence-electron chi connectivity index (χ3n) is 6.73. The summed E-state index contributed by atoms with van der Waals surface area (Å²) >= 11 is 0. The van der Waals surface area contributed by atoms with Crippen LogP contribution in [0.2, 0.25) is 0 Å². The maximum absolute atomic E-state index is 13.5. The number of sulfonamides is 1. The highest BCUT2D eigenvalue weighted by molar-refractivity contribution is 7.89. The van der Waals surface area contributed by atoms with Crippen molar-refractivity contribution < 1.29 is 21.6 Å². The second kappa shape index (κ2) is 10.1. The van der Waals surface area contributed by atoms with E-state index in [2.05, 4.69) is 9.97 Å². The van der Waals surface area contributed by atoms with Gasteiger partial charge in [0.15, 0.2) is 5.82 Å². The van der Waals surface area contributed by atoms with Gasteiger partial charge in [-0.15, -0.1) is 0 Å². The van der Waals surface area contributed by atoms with E-state index in [1.807, 2.05) is 51.7 Å². The van der Waals surface area contributed by atoms with Crippen LogP contribution in [-0.4, -0.2) is 48.9 Å². The van der Waals surface area contributed by atoms with Crippen molar-refractivity contribution in [2.24, 2.45) is 0 Å². The smallest absolute Gasteiger partial charge is 0.354 e. The molecule has 1 fully saturated rings. The van der Waals surface area contributed by atoms with Gasteiger partial charge in [0.25, 0.3) is 0 Å². The Balaban J connectivity index is 1.63. The fourth-order valence-electron chi connectivity index (χ4n) is 5.06. The van der Waals surface area contributed by atoms with Crippen LogP contribution < -0.4 is 4.90 Å². The van der Waals surface area contributed by atoms with E-state index in [-0.39, 0.29) is 24.5 Å². The maximum Gasteiger partial charge on any atom is 0.416 e. The van der Waals surface area contributed by atoms with Gasteiger partial charge >= 0.3 is 6.18 Å². The average Bonchev–Trinajstić information content (AvgIpc) is 2.82. The van der Waals surface area contributed by atoms with Crippen molar-refractivity contribution >= 4 is 15.8 Å². The van der Waals surface area contributed by atoms with Crippen molar-refractivity contribution in [3.05, 3.63) is 69.9 Å². The first-order chi connectivity index (χ1) is 17.3. The van der Waals surface area contributed by atoms with Crippen LogP contribution >= 0.6 is 0 Å². The zero-order valence-electron chi connectivity index (χ0n) is 21.6. The van der Waals surface area contributed by atoms with Crippen LogP contribution in [0.4, 0.5) is 19.0 Å². The van der Waals surface area contributed by atoms with E-state index in [0.717, 1.165) is 34.4 Å². The Kier molecular flexibility index (Phi) is 7.36. The molecule has 198 valence electrons. The van der Waals surface area contributed by atoms with E-state index in [4.69, 9.17) is 0 Å². The molecule has 0 amide bonds. The van der Waals surface area contributed by atoms with Gasteiger partial charge in [-0.3, -0.25) is 0 Å². The fraction of sp³-hybridized carbons (Fsp3) is 0.407. The van der Waals surface area contributed by atoms with Gasteiger partial charge in [0.05, 0.1) is 10.5 Å². The van der Waals surface area contributed by atoms with Crippen molar-refractivity contribution in [3.63, 3.8) is 0 Å². The van der Waals surface area contributed by atoms with Crippen molar-refractivity contribution in [1.82, 2.24) is 14.3 Å². The molecule has 1 aromatic heterocycles. The Bertz CT molecular complexity index is 1410. The summed E-state index contributed by atoms with van der Waals surface area (Å²) in [5, 5.41) is 0. The summed E-state index contributed by atoms with van der Waals surface area (Å²) in [5.41, 5.74) is 3.59. The number of hydrogen-bond donors (Lipinski definition) is 0. The molecule has 1 saturated heterocycles. The normalized spacial score (nSPS) is 15.3. The first-order valence-electron chi connectivity index (χ1n) is 12.2. The van der Waals surface area contributed by atoms with E-state index >= 15 is 0 Å². The number of rotatable bonds is 5. The first kappa shape index (κ1) is 27.1. The molecular formula is C27H31F3N4O2S. The van der Waals surface area contributed by atoms with E-state index in [9.17, 15) is 21.6 Å². The molecule has 0 atom stereocenters. The second-order valence-electron chi connectivity index (χ2n) is 9.49. The lowest BCUT2D eigenvalue weighted by Gasteiger charge is -2.36. The van der Waals surface area contributed by atoms with Crippen LogP contribution in [0.3, 0.4) is 0 Å². The lowest BCUT2D eigenvalue weighted by Crippen LogP contribution is -2.49. The highest BCUT2D eigenvalue weighted by atomic mass is 32.2. The number of halogens is 3. The molecule has 2 heterocycles. The first-order valence-corrected chi connectivity index (χ1v) is 13.6. The number of benzene rings is 2. The predicted octanol–water partition coefficient (Wildman–Crippen LogP) is 5.47. The standard InChI is InChI=1S/C27H31F3N4O2S/c1-6-23-20(5)31-25(21-8-7-9-22(16-21)27(28,29)30)32-26(23)33-10-12-34(13-11-33)37(35,36)24-18(3)14-17(2)15-19(24)4/h7-9,14-16H,6,10-13H2,1-5H3. The Morgan fingerprint density at radius 2 is 1.54 bits per heavy atom. The SMILES string of the molecule is CCc1c(C)nc(-c2cccc(C(F)(F)F)c2)nc1N1CCN(S(=O)(=O)c2c(C)cc(C)cc2C)CC1. The van der Waals surface area contributed by atoms with Gasteiger partial charge in [-0.25, -0.2) is 18.4 Å². The van der Waals surface area contributed by atoms with Crippen LogP contribution in [0.25, 0.3) is 11.4 Å². The number of hydrogen-bond acceptors (Lipinski definition) is 5. The lowest BCUT2D eigenvalue weighted by molar-refractivity contribution is -0.137. The van der Waals surface area contributed by atoms with Gasteiger partial charge < -0.3 is 4.90 Å². The van der Waals surface area contributed by atoms with Crippen LogP contribution in [-0.2, 0) is 22.6 Å². The molecule has 0 radical (unpaired) electrons. The molecule has 1 aliphatic heterocycles. The molecule has 3 aromatic rings. The van der Waals surface area contributed by atoms with Crippen LogP contribution in [0.1, 0.15) is 40.4 Å². The Morgan fingerprint density at radius 3 is 2.11 bits per heavy atom. The summed E-state index contributed by atoms with van der Waals surface area (Å²) < 4.78 is 68.3. The van der Waals surface area contributed by atoms with E-state index in [1.54, 1.807) is 6.07 Å². The molecule has 10 heteroatoms. The van der Waals surface area contributed by atoms with Crippen molar-refractivity contribution in [2.45, 2.75) is 52.1 Å². The quantitative estimate of drug-likeness (QED) is 0.436. The largest absolute Gasteiger partial charge is 0.416 e. The number of aryl methyl sites for hydroxylation is 4. The lowest BCUT2D eigenvalue weighted by atomic mass is 10.1. The second-order valence-corrected chi connectivity index (χ2v) is 11.4. The Labute approximate surface area is 216 Å². The van der Waals surface area contributed by atoms with Crippen LogP contribution in [0.5, 0.6) is 0 Å². The molecule has 37 heavy (non-hydrogen) atoms. The molecule has 1 aliphatic rings. The van der Waals surface area contributed by atoms with Gasteiger partial charge in [-0.05, 0) is 57.4 Å². The molecule has 6 nitrogen and oxygen atoms in total. The summed E-state index contributed by atoms with van der Waals surface area (Å²) in [5.74, 6) is 0.860. The minimum absolute atomic E-state index is 0.219. The average molecular weight is 533 g/mol. The van der Waals surface area contributed by atoms with Gasteiger partial charge in [0.1, 0.15) is 5.82 Å². The summed E-state index contributed by atoms with van der Waals surface area (Å²) in [4.78, 5) is 11.5. The van der Waals surface area contributed by atoms with Gasteiger partial charge in [-0.2, -0.15) is 17.5 Å². The highest BCUT2D eigenvalue weighted by Crippen LogP contribution is 2.33. The van der Waals surface area contributed by atoms with E-state index in [1.165, 1.54) is 10.4 Å². The van der Waals surface area contributed by atoms with Crippen LogP contribution in [0.15, 0.2) is 41.3 Å². The number of piperazine rings is 1. The highest BCUT2D eigenvalue weighted by Gasteiger charge is 2.33. The topological polar surface area (TPSA) is 66.4 Å². The van der Waals surface area contributed by atoms with Crippen molar-refractivity contribution in [3.8, 4) is 11.4 Å².